The van der Waals surface area contributed by atoms with E-state index in [1.165, 1.54) is 18.2 Å². The SMILES string of the molecule is CC(C)(Cc1ccc(C(=O)Oc2ccc(C(N)N)cc2F)s1)C(=O)N[C@@H](C(=O)O)c1ccccc1. The zero-order valence-corrected chi connectivity index (χ0v) is 20.0. The number of nitrogens with two attached hydrogens (primary N) is 2. The van der Waals surface area contributed by atoms with Gasteiger partial charge in [-0.2, -0.15) is 0 Å². The molecule has 3 rings (SSSR count). The minimum absolute atomic E-state index is 0.225. The number of ether oxygens (including phenoxy) is 1. The summed E-state index contributed by atoms with van der Waals surface area (Å²) in [5.41, 5.74) is 10.9. The van der Waals surface area contributed by atoms with Gasteiger partial charge in [-0.15, -0.1) is 11.3 Å². The predicted octanol–water partition coefficient (Wildman–Crippen LogP) is 3.53. The van der Waals surface area contributed by atoms with Crippen molar-refractivity contribution < 1.29 is 28.6 Å². The molecule has 0 aliphatic rings. The van der Waals surface area contributed by atoms with Crippen LogP contribution >= 0.6 is 11.3 Å². The molecule has 6 N–H and O–H groups in total. The fourth-order valence-electron chi connectivity index (χ4n) is 3.32. The maximum absolute atomic E-state index is 14.2. The van der Waals surface area contributed by atoms with Crippen LogP contribution in [-0.2, 0) is 16.0 Å². The predicted molar refractivity (Wildman–Crippen MR) is 129 cm³/mol. The zero-order chi connectivity index (χ0) is 25.8. The van der Waals surface area contributed by atoms with Crippen LogP contribution in [0.4, 0.5) is 4.39 Å². The number of halogens is 1. The monoisotopic (exact) mass is 499 g/mol. The molecule has 0 fully saturated rings. The Labute approximate surface area is 205 Å². The van der Waals surface area contributed by atoms with Crippen LogP contribution in [0.15, 0.2) is 60.7 Å². The van der Waals surface area contributed by atoms with Crippen molar-refractivity contribution in [3.63, 3.8) is 0 Å². The van der Waals surface area contributed by atoms with E-state index in [0.29, 0.717) is 16.0 Å². The summed E-state index contributed by atoms with van der Waals surface area (Å²) in [7, 11) is 0. The molecule has 1 atom stereocenters. The second-order valence-corrected chi connectivity index (χ2v) is 9.76. The van der Waals surface area contributed by atoms with E-state index in [1.54, 1.807) is 50.2 Å². The highest BCUT2D eigenvalue weighted by Crippen LogP contribution is 2.29. The van der Waals surface area contributed by atoms with E-state index in [1.807, 2.05) is 0 Å². The Morgan fingerprint density at radius 3 is 2.34 bits per heavy atom. The number of aliphatic carboxylic acids is 1. The second kappa shape index (κ2) is 10.8. The molecule has 0 unspecified atom stereocenters. The molecule has 0 bridgehead atoms. The highest BCUT2D eigenvalue weighted by atomic mass is 32.1. The molecule has 2 aromatic carbocycles. The minimum atomic E-state index is -1.19. The van der Waals surface area contributed by atoms with Crippen LogP contribution in [0.3, 0.4) is 0 Å². The summed E-state index contributed by atoms with van der Waals surface area (Å²) in [5.74, 6) is -3.39. The van der Waals surface area contributed by atoms with Crippen molar-refractivity contribution in [2.75, 3.05) is 0 Å². The number of carbonyl (C=O) groups excluding carboxylic acids is 2. The maximum atomic E-state index is 14.2. The van der Waals surface area contributed by atoms with Gasteiger partial charge >= 0.3 is 11.9 Å². The normalized spacial score (nSPS) is 12.3. The lowest BCUT2D eigenvalue weighted by Gasteiger charge is -2.25. The summed E-state index contributed by atoms with van der Waals surface area (Å²) >= 11 is 1.11. The van der Waals surface area contributed by atoms with Gasteiger partial charge in [-0.3, -0.25) is 4.79 Å². The molecule has 0 aliphatic carbocycles. The van der Waals surface area contributed by atoms with Crippen LogP contribution in [0, 0.1) is 11.2 Å². The van der Waals surface area contributed by atoms with Crippen molar-refractivity contribution in [2.45, 2.75) is 32.5 Å². The van der Waals surface area contributed by atoms with Crippen LogP contribution in [-0.4, -0.2) is 23.0 Å². The Morgan fingerprint density at radius 1 is 1.06 bits per heavy atom. The third kappa shape index (κ3) is 6.50. The number of hydrogen-bond acceptors (Lipinski definition) is 7. The molecule has 1 amide bonds. The first kappa shape index (κ1) is 26.0. The van der Waals surface area contributed by atoms with Gasteiger partial charge < -0.3 is 26.6 Å². The van der Waals surface area contributed by atoms with Crippen LogP contribution in [0.25, 0.3) is 0 Å². The lowest BCUT2D eigenvalue weighted by atomic mass is 9.87. The first-order chi connectivity index (χ1) is 16.5. The number of carboxylic acid groups (broad SMARTS) is 1. The van der Waals surface area contributed by atoms with Gasteiger partial charge in [-0.05, 0) is 41.8 Å². The number of rotatable bonds is 9. The molecule has 3 aromatic rings. The Morgan fingerprint density at radius 2 is 1.74 bits per heavy atom. The summed E-state index contributed by atoms with van der Waals surface area (Å²) < 4.78 is 19.4. The number of amides is 1. The van der Waals surface area contributed by atoms with Gasteiger partial charge in [-0.25, -0.2) is 14.0 Å². The quantitative estimate of drug-likeness (QED) is 0.200. The van der Waals surface area contributed by atoms with Gasteiger partial charge in [0.05, 0.1) is 6.17 Å². The average Bonchev–Trinajstić information content (AvgIpc) is 3.26. The summed E-state index contributed by atoms with van der Waals surface area (Å²) in [6.45, 7) is 3.37. The molecule has 0 aliphatic heterocycles. The van der Waals surface area contributed by atoms with E-state index in [2.05, 4.69) is 5.32 Å². The second-order valence-electron chi connectivity index (χ2n) is 8.59. The largest absolute Gasteiger partial charge is 0.479 e. The van der Waals surface area contributed by atoms with Crippen molar-refractivity contribution in [1.82, 2.24) is 5.32 Å². The molecule has 10 heteroatoms. The Hall–Kier alpha value is -3.60. The number of esters is 1. The molecule has 0 saturated carbocycles. The number of carbonyl (C=O) groups is 3. The molecule has 1 aromatic heterocycles. The summed E-state index contributed by atoms with van der Waals surface area (Å²) in [6.07, 6.45) is -0.608. The smallest absolute Gasteiger partial charge is 0.353 e. The van der Waals surface area contributed by atoms with E-state index < -0.39 is 41.3 Å². The number of benzene rings is 2. The Balaban J connectivity index is 1.67. The molecule has 35 heavy (non-hydrogen) atoms. The van der Waals surface area contributed by atoms with Gasteiger partial charge in [0, 0.05) is 10.3 Å². The van der Waals surface area contributed by atoms with Crippen LogP contribution in [0.2, 0.25) is 0 Å². The number of nitrogens with one attached hydrogen (secondary N) is 1. The van der Waals surface area contributed by atoms with Crippen LogP contribution < -0.4 is 21.5 Å². The topological polar surface area (TPSA) is 145 Å². The summed E-state index contributed by atoms with van der Waals surface area (Å²) in [4.78, 5) is 38.1. The zero-order valence-electron chi connectivity index (χ0n) is 19.2. The van der Waals surface area contributed by atoms with Gasteiger partial charge in [-0.1, -0.05) is 50.2 Å². The molecular weight excluding hydrogens is 473 g/mol. The molecule has 0 radical (unpaired) electrons. The van der Waals surface area contributed by atoms with Crippen LogP contribution in [0.5, 0.6) is 5.75 Å². The summed E-state index contributed by atoms with van der Waals surface area (Å²) in [6, 6.07) is 14.3. The van der Waals surface area contributed by atoms with E-state index >= 15 is 0 Å². The van der Waals surface area contributed by atoms with E-state index in [-0.39, 0.29) is 17.0 Å². The number of thiophene rings is 1. The van der Waals surface area contributed by atoms with Crippen LogP contribution in [0.1, 0.15) is 51.7 Å². The number of carboxylic acids is 1. The van der Waals surface area contributed by atoms with Crippen molar-refractivity contribution in [3.05, 3.63) is 87.4 Å². The molecular formula is C25H26FN3O5S. The maximum Gasteiger partial charge on any atom is 0.353 e. The fraction of sp³-hybridized carbons (Fsp3) is 0.240. The van der Waals surface area contributed by atoms with Gasteiger partial charge in [0.2, 0.25) is 5.91 Å². The van der Waals surface area contributed by atoms with Gasteiger partial charge in [0.1, 0.15) is 4.88 Å². The fourth-order valence-corrected chi connectivity index (χ4v) is 4.43. The van der Waals surface area contributed by atoms with E-state index in [4.69, 9.17) is 16.2 Å². The third-order valence-electron chi connectivity index (χ3n) is 5.29. The molecule has 0 spiro atoms. The van der Waals surface area contributed by atoms with Crippen molar-refractivity contribution in [3.8, 4) is 5.75 Å². The molecule has 0 saturated heterocycles. The van der Waals surface area contributed by atoms with E-state index in [0.717, 1.165) is 17.4 Å². The molecule has 1 heterocycles. The first-order valence-electron chi connectivity index (χ1n) is 10.7. The molecule has 184 valence electrons. The third-order valence-corrected chi connectivity index (χ3v) is 6.36. The summed E-state index contributed by atoms with van der Waals surface area (Å²) in [5, 5.41) is 12.2. The highest BCUT2D eigenvalue weighted by molar-refractivity contribution is 7.14. The van der Waals surface area contributed by atoms with Gasteiger partial charge in [0.15, 0.2) is 17.6 Å². The Bertz CT molecular complexity index is 1230. The van der Waals surface area contributed by atoms with E-state index in [9.17, 15) is 23.9 Å². The molecule has 8 nitrogen and oxygen atoms in total. The first-order valence-corrected chi connectivity index (χ1v) is 11.5. The average molecular weight is 500 g/mol. The van der Waals surface area contributed by atoms with Crippen molar-refractivity contribution in [2.24, 2.45) is 16.9 Å². The highest BCUT2D eigenvalue weighted by Gasteiger charge is 2.33. The minimum Gasteiger partial charge on any atom is -0.479 e. The lowest BCUT2D eigenvalue weighted by Crippen LogP contribution is -2.42. The Kier molecular flexibility index (Phi) is 8.00. The van der Waals surface area contributed by atoms with Crippen molar-refractivity contribution >= 4 is 29.2 Å². The standard InChI is InChI=1S/C25H26FN3O5S/c1-25(2,24(33)29-20(22(30)31)14-6-4-3-5-7-14)13-16-9-11-19(35-16)23(32)34-18-10-8-15(21(27)28)12-17(18)26/h3-12,20-21H,13,27-28H2,1-2H3,(H,29,33)(H,30,31)/t20-/m1/s1. The number of hydrogen-bond donors (Lipinski definition) is 4. The van der Waals surface area contributed by atoms with Crippen molar-refractivity contribution in [1.29, 1.82) is 0 Å². The lowest BCUT2D eigenvalue weighted by molar-refractivity contribution is -0.143. The van der Waals surface area contributed by atoms with Gasteiger partial charge in [0.25, 0.3) is 0 Å².